The number of aryl methyl sites for hydroxylation is 2. The molecule has 9 heteroatoms. The van der Waals surface area contributed by atoms with Crippen molar-refractivity contribution < 1.29 is 27.2 Å². The Morgan fingerprint density at radius 3 is 2.44 bits per heavy atom. The van der Waals surface area contributed by atoms with Crippen LogP contribution >= 0.6 is 0 Å². The normalized spacial score (nSPS) is 11.5. The highest BCUT2D eigenvalue weighted by atomic mass is 32.2. The fourth-order valence-corrected chi connectivity index (χ4v) is 4.80. The molecule has 0 saturated carbocycles. The molecule has 0 aliphatic carbocycles. The van der Waals surface area contributed by atoms with Gasteiger partial charge in [0.05, 0.1) is 23.8 Å². The quantitative estimate of drug-likeness (QED) is 0.258. The van der Waals surface area contributed by atoms with Gasteiger partial charge in [-0.25, -0.2) is 12.7 Å². The number of ether oxygens (including phenoxy) is 2. The number of benzene rings is 2. The van der Waals surface area contributed by atoms with Gasteiger partial charge in [0.15, 0.2) is 0 Å². The summed E-state index contributed by atoms with van der Waals surface area (Å²) < 4.78 is 44.7. The van der Waals surface area contributed by atoms with E-state index in [1.54, 1.807) is 56.3 Å². The Balaban J connectivity index is 2.11. The summed E-state index contributed by atoms with van der Waals surface area (Å²) in [6.45, 7) is 5.58. The first-order chi connectivity index (χ1) is 15.3. The molecule has 0 aliphatic rings. The number of sulfonamides is 1. The first kappa shape index (κ1) is 23.6. The Morgan fingerprint density at radius 2 is 1.81 bits per heavy atom. The van der Waals surface area contributed by atoms with Crippen LogP contribution in [0.1, 0.15) is 27.2 Å². The van der Waals surface area contributed by atoms with E-state index in [9.17, 15) is 13.2 Å². The Kier molecular flexibility index (Phi) is 7.44. The molecule has 1 aromatic heterocycles. The van der Waals surface area contributed by atoms with Crippen LogP contribution in [-0.4, -0.2) is 46.9 Å². The molecule has 0 saturated heterocycles. The minimum atomic E-state index is -4.10. The van der Waals surface area contributed by atoms with Crippen LogP contribution in [0, 0.1) is 20.8 Å². The highest BCUT2D eigenvalue weighted by molar-refractivity contribution is 7.93. The zero-order chi connectivity index (χ0) is 23.3. The molecule has 0 unspecified atom stereocenters. The molecule has 8 nitrogen and oxygen atoms in total. The maximum Gasteiger partial charge on any atom is 0.269 e. The van der Waals surface area contributed by atoms with E-state index in [1.165, 1.54) is 7.11 Å². The molecule has 3 aromatic rings. The number of nitrogens with zero attached hydrogens (tertiary/aromatic N) is 2. The first-order valence-corrected chi connectivity index (χ1v) is 11.4. The second-order valence-electron chi connectivity index (χ2n) is 7.27. The molecule has 1 heterocycles. The molecule has 0 spiro atoms. The van der Waals surface area contributed by atoms with Gasteiger partial charge < -0.3 is 14.0 Å². The molecule has 0 radical (unpaired) electrons. The van der Waals surface area contributed by atoms with Gasteiger partial charge in [-0.1, -0.05) is 35.5 Å². The van der Waals surface area contributed by atoms with Gasteiger partial charge in [-0.2, -0.15) is 0 Å². The predicted octanol–water partition coefficient (Wildman–Crippen LogP) is 3.90. The molecule has 170 valence electrons. The van der Waals surface area contributed by atoms with Crippen LogP contribution in [-0.2, 0) is 19.5 Å². The van der Waals surface area contributed by atoms with E-state index in [4.69, 9.17) is 14.0 Å². The summed E-state index contributed by atoms with van der Waals surface area (Å²) >= 11 is 0. The van der Waals surface area contributed by atoms with Crippen molar-refractivity contribution in [3.05, 3.63) is 64.8 Å². The molecular formula is C23H26N2O6S. The maximum absolute atomic E-state index is 13.9. The molecule has 3 rings (SSSR count). The van der Waals surface area contributed by atoms with Crippen molar-refractivity contribution in [2.45, 2.75) is 25.7 Å². The lowest BCUT2D eigenvalue weighted by Gasteiger charge is -2.23. The molecule has 2 aromatic carbocycles. The molecule has 0 N–H and O–H groups in total. The number of carbonyl (C=O) groups excluding carboxylic acids is 1. The van der Waals surface area contributed by atoms with E-state index in [1.807, 2.05) is 6.92 Å². The zero-order valence-corrected chi connectivity index (χ0v) is 19.3. The summed E-state index contributed by atoms with van der Waals surface area (Å²) in [5.41, 5.74) is 3.72. The van der Waals surface area contributed by atoms with E-state index in [0.29, 0.717) is 34.6 Å². The Labute approximate surface area is 187 Å². The van der Waals surface area contributed by atoms with Gasteiger partial charge in [-0.3, -0.25) is 4.79 Å². The van der Waals surface area contributed by atoms with Crippen LogP contribution in [0.5, 0.6) is 0 Å². The lowest BCUT2D eigenvalue weighted by Crippen LogP contribution is -2.34. The van der Waals surface area contributed by atoms with E-state index >= 15 is 0 Å². The highest BCUT2D eigenvalue weighted by Gasteiger charge is 2.32. The van der Waals surface area contributed by atoms with Gasteiger partial charge in [-0.15, -0.1) is 0 Å². The number of methoxy groups -OCH3 is 1. The molecule has 0 aliphatic heterocycles. The van der Waals surface area contributed by atoms with Crippen LogP contribution in [0.4, 0.5) is 5.88 Å². The van der Waals surface area contributed by atoms with E-state index in [-0.39, 0.29) is 24.1 Å². The van der Waals surface area contributed by atoms with Gasteiger partial charge >= 0.3 is 0 Å². The summed E-state index contributed by atoms with van der Waals surface area (Å²) in [7, 11) is -2.56. The van der Waals surface area contributed by atoms with E-state index in [0.717, 1.165) is 16.2 Å². The fraction of sp³-hybridized carbons (Fsp3) is 0.304. The lowest BCUT2D eigenvalue weighted by molar-refractivity contribution is 0.0744. The molecule has 0 bridgehead atoms. The highest BCUT2D eigenvalue weighted by Crippen LogP contribution is 2.35. The van der Waals surface area contributed by atoms with Crippen molar-refractivity contribution in [1.82, 2.24) is 5.16 Å². The number of carbonyl (C=O) groups is 1. The van der Waals surface area contributed by atoms with Crippen LogP contribution in [0.3, 0.4) is 0 Å². The van der Waals surface area contributed by atoms with E-state index < -0.39 is 10.0 Å². The standard InChI is InChI=1S/C23H26N2O6S/c1-16-13-19(14-26)9-10-20(16)21-7-5-6-8-22(21)32(27,28)25(15-30-12-11-29-4)23-17(2)18(3)24-31-23/h5-10,13-14H,11-12,15H2,1-4H3. The second-order valence-corrected chi connectivity index (χ2v) is 9.10. The third-order valence-corrected chi connectivity index (χ3v) is 6.89. The Hall–Kier alpha value is -3.01. The van der Waals surface area contributed by atoms with E-state index in [2.05, 4.69) is 5.16 Å². The summed E-state index contributed by atoms with van der Waals surface area (Å²) in [4.78, 5) is 11.2. The number of hydrogen-bond donors (Lipinski definition) is 0. The van der Waals surface area contributed by atoms with Gasteiger partial charge in [0, 0.05) is 23.8 Å². The number of anilines is 1. The number of rotatable bonds is 10. The van der Waals surface area contributed by atoms with Crippen molar-refractivity contribution >= 4 is 22.2 Å². The minimum Gasteiger partial charge on any atom is -0.382 e. The van der Waals surface area contributed by atoms with Crippen molar-refractivity contribution in [2.24, 2.45) is 0 Å². The van der Waals surface area contributed by atoms with Crippen LogP contribution in [0.15, 0.2) is 51.9 Å². The largest absolute Gasteiger partial charge is 0.382 e. The molecular weight excluding hydrogens is 432 g/mol. The third kappa shape index (κ3) is 4.74. The predicted molar refractivity (Wildman–Crippen MR) is 120 cm³/mol. The molecule has 0 fully saturated rings. The van der Waals surface area contributed by atoms with Crippen molar-refractivity contribution in [1.29, 1.82) is 0 Å². The Bertz CT molecular complexity index is 1200. The number of aromatic nitrogens is 1. The Morgan fingerprint density at radius 1 is 1.06 bits per heavy atom. The molecule has 0 atom stereocenters. The van der Waals surface area contributed by atoms with Crippen LogP contribution < -0.4 is 4.31 Å². The van der Waals surface area contributed by atoms with Crippen LogP contribution in [0.2, 0.25) is 0 Å². The van der Waals surface area contributed by atoms with Gasteiger partial charge in [0.25, 0.3) is 10.0 Å². The monoisotopic (exact) mass is 458 g/mol. The summed E-state index contributed by atoms with van der Waals surface area (Å²) in [5.74, 6) is 0.0998. The SMILES string of the molecule is COCCOCN(c1onc(C)c1C)S(=O)(=O)c1ccccc1-c1ccc(C=O)cc1C. The molecule has 32 heavy (non-hydrogen) atoms. The summed E-state index contributed by atoms with van der Waals surface area (Å²) in [6.07, 6.45) is 0.757. The smallest absolute Gasteiger partial charge is 0.269 e. The fourth-order valence-electron chi connectivity index (χ4n) is 3.26. The third-order valence-electron chi connectivity index (χ3n) is 5.13. The average molecular weight is 459 g/mol. The van der Waals surface area contributed by atoms with Gasteiger partial charge in [-0.05, 0) is 44.0 Å². The lowest BCUT2D eigenvalue weighted by atomic mass is 9.99. The van der Waals surface area contributed by atoms with Crippen molar-refractivity contribution in [3.8, 4) is 11.1 Å². The topological polar surface area (TPSA) is 98.9 Å². The average Bonchev–Trinajstić information content (AvgIpc) is 3.11. The maximum atomic E-state index is 13.9. The van der Waals surface area contributed by atoms with Gasteiger partial charge in [0.2, 0.25) is 5.88 Å². The molecule has 0 amide bonds. The van der Waals surface area contributed by atoms with Crippen molar-refractivity contribution in [2.75, 3.05) is 31.4 Å². The minimum absolute atomic E-state index is 0.0887. The summed E-state index contributed by atoms with van der Waals surface area (Å²) in [6, 6.07) is 11.8. The zero-order valence-electron chi connectivity index (χ0n) is 18.5. The number of aldehydes is 1. The first-order valence-electron chi connectivity index (χ1n) is 9.98. The number of hydrogen-bond acceptors (Lipinski definition) is 7. The van der Waals surface area contributed by atoms with Crippen molar-refractivity contribution in [3.63, 3.8) is 0 Å². The van der Waals surface area contributed by atoms with Crippen LogP contribution in [0.25, 0.3) is 11.1 Å². The second kappa shape index (κ2) is 10.1. The summed E-state index contributed by atoms with van der Waals surface area (Å²) in [5, 5.41) is 3.91. The van der Waals surface area contributed by atoms with Gasteiger partial charge in [0.1, 0.15) is 13.0 Å².